The van der Waals surface area contributed by atoms with E-state index in [-0.39, 0.29) is 12.3 Å². The average molecular weight is 428 g/mol. The van der Waals surface area contributed by atoms with Crippen molar-refractivity contribution in [1.29, 1.82) is 0 Å². The van der Waals surface area contributed by atoms with E-state index in [9.17, 15) is 9.59 Å². The maximum absolute atomic E-state index is 12.7. The Morgan fingerprint density at radius 3 is 2.53 bits per heavy atom. The smallest absolute Gasteiger partial charge is 0.341 e. The molecule has 0 saturated heterocycles. The molecule has 0 saturated carbocycles. The van der Waals surface area contributed by atoms with Crippen molar-refractivity contribution in [3.05, 3.63) is 53.6 Å². The van der Waals surface area contributed by atoms with Crippen molar-refractivity contribution in [1.82, 2.24) is 0 Å². The predicted octanol–water partition coefficient (Wildman–Crippen LogP) is 5.06. The topological polar surface area (TPSA) is 73.9 Å². The third-order valence-electron chi connectivity index (χ3n) is 4.60. The number of hydrogen-bond acceptors (Lipinski definition) is 6. The number of methoxy groups -OCH3 is 2. The van der Waals surface area contributed by atoms with Crippen LogP contribution in [0.3, 0.4) is 0 Å². The number of carbonyl (C=O) groups excluding carboxylic acids is 2. The zero-order valence-electron chi connectivity index (χ0n) is 17.3. The quantitative estimate of drug-likeness (QED) is 0.382. The first-order valence-corrected chi connectivity index (χ1v) is 10.6. The van der Waals surface area contributed by atoms with Gasteiger partial charge in [0.15, 0.2) is 11.5 Å². The van der Waals surface area contributed by atoms with Crippen LogP contribution in [0, 0.1) is 0 Å². The summed E-state index contributed by atoms with van der Waals surface area (Å²) in [5, 5.41) is 4.18. The van der Waals surface area contributed by atoms with Crippen LogP contribution in [-0.4, -0.2) is 32.7 Å². The molecule has 0 fully saturated rings. The third-order valence-corrected chi connectivity index (χ3v) is 5.68. The predicted molar refractivity (Wildman–Crippen MR) is 119 cm³/mol. The van der Waals surface area contributed by atoms with Gasteiger partial charge in [-0.15, -0.1) is 11.3 Å². The van der Waals surface area contributed by atoms with Crippen LogP contribution in [0.1, 0.15) is 35.7 Å². The highest BCUT2D eigenvalue weighted by molar-refractivity contribution is 7.23. The van der Waals surface area contributed by atoms with Crippen LogP contribution in [0.15, 0.2) is 42.5 Å². The Bertz CT molecular complexity index is 1040. The summed E-state index contributed by atoms with van der Waals surface area (Å²) in [6.45, 7) is 2.40. The Morgan fingerprint density at radius 2 is 1.80 bits per heavy atom. The van der Waals surface area contributed by atoms with Crippen molar-refractivity contribution in [2.45, 2.75) is 26.2 Å². The van der Waals surface area contributed by atoms with Gasteiger partial charge in [-0.05, 0) is 30.2 Å². The number of carbonyl (C=O) groups is 2. The monoisotopic (exact) mass is 427 g/mol. The summed E-state index contributed by atoms with van der Waals surface area (Å²) in [4.78, 5) is 25.4. The Morgan fingerprint density at radius 1 is 1.03 bits per heavy atom. The molecule has 6 nitrogen and oxygen atoms in total. The van der Waals surface area contributed by atoms with E-state index in [0.29, 0.717) is 28.7 Å². The second-order valence-electron chi connectivity index (χ2n) is 6.71. The Kier molecular flexibility index (Phi) is 7.30. The van der Waals surface area contributed by atoms with Crippen LogP contribution in [0.2, 0.25) is 0 Å². The molecule has 0 bridgehead atoms. The number of ether oxygens (including phenoxy) is 3. The fourth-order valence-corrected chi connectivity index (χ4v) is 4.17. The van der Waals surface area contributed by atoms with Crippen molar-refractivity contribution in [2.24, 2.45) is 0 Å². The number of amides is 1. The lowest BCUT2D eigenvalue weighted by Crippen LogP contribution is -2.16. The van der Waals surface area contributed by atoms with Gasteiger partial charge < -0.3 is 19.5 Å². The molecule has 0 aliphatic heterocycles. The van der Waals surface area contributed by atoms with Crippen LogP contribution >= 0.6 is 11.3 Å². The van der Waals surface area contributed by atoms with Crippen LogP contribution in [-0.2, 0) is 16.0 Å². The molecular formula is C23H25NO5S. The SMILES string of the molecule is CCCCOC(=O)c1c(NC(=O)Cc2ccc(OC)c(OC)c2)sc2ccccc12. The summed E-state index contributed by atoms with van der Waals surface area (Å²) in [7, 11) is 3.11. The maximum Gasteiger partial charge on any atom is 0.341 e. The first-order valence-electron chi connectivity index (χ1n) is 9.76. The van der Waals surface area contributed by atoms with Gasteiger partial charge in [-0.2, -0.15) is 0 Å². The van der Waals surface area contributed by atoms with E-state index < -0.39 is 5.97 Å². The highest BCUT2D eigenvalue weighted by atomic mass is 32.1. The van der Waals surface area contributed by atoms with E-state index >= 15 is 0 Å². The van der Waals surface area contributed by atoms with Gasteiger partial charge in [-0.25, -0.2) is 4.79 Å². The number of anilines is 1. The number of nitrogens with one attached hydrogen (secondary N) is 1. The van der Waals surface area contributed by atoms with Gasteiger partial charge in [0.1, 0.15) is 10.6 Å². The van der Waals surface area contributed by atoms with Crippen molar-refractivity contribution in [2.75, 3.05) is 26.1 Å². The van der Waals surface area contributed by atoms with Gasteiger partial charge in [0, 0.05) is 10.1 Å². The number of hydrogen-bond donors (Lipinski definition) is 1. The molecule has 30 heavy (non-hydrogen) atoms. The van der Waals surface area contributed by atoms with E-state index in [4.69, 9.17) is 14.2 Å². The number of unbranched alkanes of at least 4 members (excludes halogenated alkanes) is 1. The van der Waals surface area contributed by atoms with Gasteiger partial charge in [0.2, 0.25) is 5.91 Å². The zero-order valence-corrected chi connectivity index (χ0v) is 18.1. The minimum absolute atomic E-state index is 0.138. The molecule has 2 aromatic carbocycles. The number of esters is 1. The molecule has 0 radical (unpaired) electrons. The Labute approximate surface area is 179 Å². The van der Waals surface area contributed by atoms with E-state index in [1.54, 1.807) is 26.4 Å². The number of rotatable bonds is 9. The highest BCUT2D eigenvalue weighted by Crippen LogP contribution is 2.36. The largest absolute Gasteiger partial charge is 0.493 e. The Hall–Kier alpha value is -3.06. The van der Waals surface area contributed by atoms with Gasteiger partial charge in [-0.3, -0.25) is 4.79 Å². The molecule has 0 unspecified atom stereocenters. The molecule has 0 aliphatic rings. The molecule has 7 heteroatoms. The summed E-state index contributed by atoms with van der Waals surface area (Å²) in [5.74, 6) is 0.520. The lowest BCUT2D eigenvalue weighted by atomic mass is 10.1. The molecular weight excluding hydrogens is 402 g/mol. The molecule has 3 aromatic rings. The van der Waals surface area contributed by atoms with Crippen molar-refractivity contribution >= 4 is 38.3 Å². The Balaban J connectivity index is 1.81. The van der Waals surface area contributed by atoms with Crippen LogP contribution in [0.4, 0.5) is 5.00 Å². The van der Waals surface area contributed by atoms with Crippen LogP contribution in [0.5, 0.6) is 11.5 Å². The van der Waals surface area contributed by atoms with E-state index in [1.807, 2.05) is 37.3 Å². The van der Waals surface area contributed by atoms with Gasteiger partial charge >= 0.3 is 5.97 Å². The maximum atomic E-state index is 12.7. The van der Waals surface area contributed by atoms with Crippen LogP contribution in [0.25, 0.3) is 10.1 Å². The number of fused-ring (bicyclic) bond motifs is 1. The van der Waals surface area contributed by atoms with E-state index in [1.165, 1.54) is 11.3 Å². The minimum atomic E-state index is -0.415. The minimum Gasteiger partial charge on any atom is -0.493 e. The third kappa shape index (κ3) is 4.91. The molecule has 0 spiro atoms. The first kappa shape index (κ1) is 21.6. The van der Waals surface area contributed by atoms with Crippen molar-refractivity contribution < 1.29 is 23.8 Å². The fraction of sp³-hybridized carbons (Fsp3) is 0.304. The molecule has 1 amide bonds. The molecule has 3 rings (SSSR count). The fourth-order valence-electron chi connectivity index (χ4n) is 3.06. The second kappa shape index (κ2) is 10.1. The average Bonchev–Trinajstić information content (AvgIpc) is 3.11. The summed E-state index contributed by atoms with van der Waals surface area (Å²) >= 11 is 1.37. The first-order chi connectivity index (χ1) is 14.6. The summed E-state index contributed by atoms with van der Waals surface area (Å²) in [6.07, 6.45) is 1.88. The molecule has 1 heterocycles. The molecule has 1 aromatic heterocycles. The number of thiophene rings is 1. The van der Waals surface area contributed by atoms with Crippen LogP contribution < -0.4 is 14.8 Å². The van der Waals surface area contributed by atoms with Gasteiger partial charge in [-0.1, -0.05) is 37.6 Å². The molecule has 158 valence electrons. The van der Waals surface area contributed by atoms with Crippen molar-refractivity contribution in [3.8, 4) is 11.5 Å². The van der Waals surface area contributed by atoms with E-state index in [2.05, 4.69) is 5.32 Å². The zero-order chi connectivity index (χ0) is 21.5. The second-order valence-corrected chi connectivity index (χ2v) is 7.76. The molecule has 1 N–H and O–H groups in total. The lowest BCUT2D eigenvalue weighted by Gasteiger charge is -2.10. The van der Waals surface area contributed by atoms with E-state index in [0.717, 1.165) is 28.5 Å². The summed E-state index contributed by atoms with van der Waals surface area (Å²) in [6, 6.07) is 12.9. The lowest BCUT2D eigenvalue weighted by molar-refractivity contribution is -0.115. The molecule has 0 aliphatic carbocycles. The standard InChI is InChI=1S/C23H25NO5S/c1-4-5-12-29-23(26)21-16-8-6-7-9-19(16)30-22(21)24-20(25)14-15-10-11-17(27-2)18(13-15)28-3/h6-11,13H,4-5,12,14H2,1-3H3,(H,24,25). The van der Waals surface area contributed by atoms with Gasteiger partial charge in [0.25, 0.3) is 0 Å². The van der Waals surface area contributed by atoms with Gasteiger partial charge in [0.05, 0.1) is 27.2 Å². The summed E-state index contributed by atoms with van der Waals surface area (Å²) < 4.78 is 16.9. The number of benzene rings is 2. The molecule has 0 atom stereocenters. The van der Waals surface area contributed by atoms with Crippen molar-refractivity contribution in [3.63, 3.8) is 0 Å². The highest BCUT2D eigenvalue weighted by Gasteiger charge is 2.22. The summed E-state index contributed by atoms with van der Waals surface area (Å²) in [5.41, 5.74) is 1.19. The normalized spacial score (nSPS) is 10.6.